The molecule has 1 aromatic heterocycles. The topological polar surface area (TPSA) is 52.1 Å². The Morgan fingerprint density at radius 1 is 1.41 bits per heavy atom. The van der Waals surface area contributed by atoms with Crippen LogP contribution >= 0.6 is 11.8 Å². The Hall–Kier alpha value is -1.10. The molecule has 17 heavy (non-hydrogen) atoms. The summed E-state index contributed by atoms with van der Waals surface area (Å²) < 4.78 is 4.91. The maximum absolute atomic E-state index is 11.3. The number of carbonyl (C=O) groups is 1. The van der Waals surface area contributed by atoms with Crippen LogP contribution in [-0.4, -0.2) is 28.3 Å². The van der Waals surface area contributed by atoms with Crippen molar-refractivity contribution < 1.29 is 9.53 Å². The van der Waals surface area contributed by atoms with Crippen LogP contribution in [0.4, 0.5) is 0 Å². The normalized spacial score (nSPS) is 13.5. The lowest BCUT2D eigenvalue weighted by molar-refractivity contribution is -0.139. The van der Waals surface area contributed by atoms with E-state index in [9.17, 15) is 4.79 Å². The average molecular weight is 252 g/mol. The number of ether oxygens (including phenoxy) is 1. The number of aryl methyl sites for hydroxylation is 2. The number of carbonyl (C=O) groups excluding carboxylic acids is 1. The fraction of sp³-hybridized carbons (Fsp3) is 0.583. The van der Waals surface area contributed by atoms with Crippen LogP contribution in [0.25, 0.3) is 0 Å². The summed E-state index contributed by atoms with van der Waals surface area (Å²) in [6.07, 6.45) is 3.20. The summed E-state index contributed by atoms with van der Waals surface area (Å²) in [5, 5.41) is 0.957. The van der Waals surface area contributed by atoms with Gasteiger partial charge in [-0.05, 0) is 33.1 Å². The lowest BCUT2D eigenvalue weighted by Crippen LogP contribution is -2.08. The van der Waals surface area contributed by atoms with Gasteiger partial charge >= 0.3 is 5.97 Å². The number of hydrogen-bond acceptors (Lipinski definition) is 5. The molecule has 0 radical (unpaired) electrons. The van der Waals surface area contributed by atoms with Gasteiger partial charge in [-0.2, -0.15) is 0 Å². The predicted octanol–water partition coefficient (Wildman–Crippen LogP) is 1.93. The van der Waals surface area contributed by atoms with Gasteiger partial charge in [-0.3, -0.25) is 4.79 Å². The Kier molecular flexibility index (Phi) is 3.99. The van der Waals surface area contributed by atoms with Crippen LogP contribution in [0.3, 0.4) is 0 Å². The highest BCUT2D eigenvalue weighted by molar-refractivity contribution is 7.99. The van der Waals surface area contributed by atoms with Crippen molar-refractivity contribution in [1.29, 1.82) is 0 Å². The zero-order valence-corrected chi connectivity index (χ0v) is 11.0. The van der Waals surface area contributed by atoms with Gasteiger partial charge in [-0.15, -0.1) is 0 Å². The smallest absolute Gasteiger partial charge is 0.316 e. The van der Waals surface area contributed by atoms with Crippen LogP contribution in [0, 0.1) is 6.92 Å². The highest BCUT2D eigenvalue weighted by atomic mass is 32.2. The lowest BCUT2D eigenvalue weighted by atomic mass is 10.3. The van der Waals surface area contributed by atoms with Crippen molar-refractivity contribution in [2.75, 3.05) is 12.4 Å². The lowest BCUT2D eigenvalue weighted by Gasteiger charge is -2.07. The van der Waals surface area contributed by atoms with E-state index in [2.05, 4.69) is 9.97 Å². The summed E-state index contributed by atoms with van der Waals surface area (Å²) in [4.78, 5) is 20.2. The van der Waals surface area contributed by atoms with Gasteiger partial charge in [0.15, 0.2) is 0 Å². The van der Waals surface area contributed by atoms with Gasteiger partial charge in [-0.1, -0.05) is 11.8 Å². The minimum Gasteiger partial charge on any atom is -0.465 e. The third-order valence-corrected chi connectivity index (χ3v) is 3.63. The molecule has 0 N–H and O–H groups in total. The second kappa shape index (κ2) is 5.49. The third kappa shape index (κ3) is 2.97. The molecule has 0 unspecified atom stereocenters. The van der Waals surface area contributed by atoms with Crippen LogP contribution < -0.4 is 0 Å². The average Bonchev–Trinajstić information content (AvgIpc) is 2.74. The second-order valence-corrected chi connectivity index (χ2v) is 4.91. The summed E-state index contributed by atoms with van der Waals surface area (Å²) >= 11 is 1.46. The molecule has 2 rings (SSSR count). The number of hydrogen-bond donors (Lipinski definition) is 0. The highest BCUT2D eigenvalue weighted by Crippen LogP contribution is 2.29. The van der Waals surface area contributed by atoms with E-state index in [0.717, 1.165) is 35.8 Å². The molecule has 0 spiro atoms. The van der Waals surface area contributed by atoms with Crippen LogP contribution in [0.2, 0.25) is 0 Å². The Labute approximate surface area is 105 Å². The molecular weight excluding hydrogens is 236 g/mol. The molecule has 92 valence electrons. The minimum absolute atomic E-state index is 0.180. The monoisotopic (exact) mass is 252 g/mol. The van der Waals surface area contributed by atoms with Crippen molar-refractivity contribution >= 4 is 17.7 Å². The molecule has 1 aliphatic carbocycles. The largest absolute Gasteiger partial charge is 0.465 e. The third-order valence-electron chi connectivity index (χ3n) is 2.64. The zero-order valence-electron chi connectivity index (χ0n) is 10.2. The first-order valence-electron chi connectivity index (χ1n) is 5.85. The number of aromatic nitrogens is 2. The maximum Gasteiger partial charge on any atom is 0.316 e. The molecule has 0 saturated heterocycles. The van der Waals surface area contributed by atoms with Crippen LogP contribution in [0.15, 0.2) is 5.03 Å². The van der Waals surface area contributed by atoms with E-state index in [1.807, 2.05) is 13.8 Å². The van der Waals surface area contributed by atoms with E-state index in [-0.39, 0.29) is 5.97 Å². The molecule has 0 fully saturated rings. The van der Waals surface area contributed by atoms with E-state index in [1.165, 1.54) is 17.3 Å². The summed E-state index contributed by atoms with van der Waals surface area (Å²) in [6, 6.07) is 0. The highest BCUT2D eigenvalue weighted by Gasteiger charge is 2.19. The summed E-state index contributed by atoms with van der Waals surface area (Å²) in [6.45, 7) is 4.14. The molecule has 0 aromatic carbocycles. The van der Waals surface area contributed by atoms with Crippen molar-refractivity contribution in [1.82, 2.24) is 9.97 Å². The van der Waals surface area contributed by atoms with Gasteiger partial charge in [0.1, 0.15) is 10.9 Å². The van der Waals surface area contributed by atoms with E-state index in [4.69, 9.17) is 4.74 Å². The molecule has 1 aliphatic rings. The van der Waals surface area contributed by atoms with Crippen LogP contribution in [0.1, 0.15) is 30.4 Å². The number of rotatable bonds is 4. The van der Waals surface area contributed by atoms with Crippen LogP contribution in [0.5, 0.6) is 0 Å². The molecule has 0 amide bonds. The predicted molar refractivity (Wildman–Crippen MR) is 66.2 cm³/mol. The standard InChI is InChI=1S/C12H16N2O2S/c1-3-16-11(15)7-17-12-9-5-4-6-10(9)13-8(2)14-12/h3-7H2,1-2H3. The van der Waals surface area contributed by atoms with E-state index in [1.54, 1.807) is 0 Å². The zero-order chi connectivity index (χ0) is 12.3. The van der Waals surface area contributed by atoms with Gasteiger partial charge in [0, 0.05) is 11.3 Å². The van der Waals surface area contributed by atoms with Gasteiger partial charge in [0.05, 0.1) is 12.4 Å². The van der Waals surface area contributed by atoms with Gasteiger partial charge in [-0.25, -0.2) is 9.97 Å². The number of thioether (sulfide) groups is 1. The van der Waals surface area contributed by atoms with E-state index >= 15 is 0 Å². The summed E-state index contributed by atoms with van der Waals surface area (Å²) in [5.41, 5.74) is 2.38. The first-order valence-corrected chi connectivity index (χ1v) is 6.84. The van der Waals surface area contributed by atoms with E-state index < -0.39 is 0 Å². The molecule has 0 aliphatic heterocycles. The molecule has 0 atom stereocenters. The van der Waals surface area contributed by atoms with Gasteiger partial charge in [0.25, 0.3) is 0 Å². The van der Waals surface area contributed by atoms with Crippen LogP contribution in [-0.2, 0) is 22.4 Å². The van der Waals surface area contributed by atoms with Crippen molar-refractivity contribution in [2.24, 2.45) is 0 Å². The Balaban J connectivity index is 2.08. The van der Waals surface area contributed by atoms with Crippen molar-refractivity contribution in [2.45, 2.75) is 38.1 Å². The first-order chi connectivity index (χ1) is 8.20. The molecule has 0 saturated carbocycles. The number of esters is 1. The fourth-order valence-corrected chi connectivity index (χ4v) is 2.89. The molecule has 1 aromatic rings. The number of nitrogens with zero attached hydrogens (tertiary/aromatic N) is 2. The fourth-order valence-electron chi connectivity index (χ4n) is 1.97. The van der Waals surface area contributed by atoms with Gasteiger partial charge in [0.2, 0.25) is 0 Å². The van der Waals surface area contributed by atoms with Crippen molar-refractivity contribution in [3.8, 4) is 0 Å². The molecule has 1 heterocycles. The van der Waals surface area contributed by atoms with Crippen molar-refractivity contribution in [3.63, 3.8) is 0 Å². The number of fused-ring (bicyclic) bond motifs is 1. The Morgan fingerprint density at radius 2 is 2.24 bits per heavy atom. The Bertz CT molecular complexity index is 435. The Morgan fingerprint density at radius 3 is 3.00 bits per heavy atom. The summed E-state index contributed by atoms with van der Waals surface area (Å²) in [7, 11) is 0. The molecular formula is C12H16N2O2S. The molecule has 5 heteroatoms. The first kappa shape index (κ1) is 12.4. The molecule has 0 bridgehead atoms. The van der Waals surface area contributed by atoms with Crippen molar-refractivity contribution in [3.05, 3.63) is 17.1 Å². The minimum atomic E-state index is -0.180. The van der Waals surface area contributed by atoms with Gasteiger partial charge < -0.3 is 4.74 Å². The second-order valence-electron chi connectivity index (χ2n) is 3.95. The quantitative estimate of drug-likeness (QED) is 0.465. The summed E-state index contributed by atoms with van der Waals surface area (Å²) in [5.74, 6) is 0.939. The van der Waals surface area contributed by atoms with E-state index in [0.29, 0.717) is 12.4 Å². The maximum atomic E-state index is 11.3. The molecule has 4 nitrogen and oxygen atoms in total. The SMILES string of the molecule is CCOC(=O)CSc1nc(C)nc2c1CCC2.